The first-order valence-corrected chi connectivity index (χ1v) is 10.1. The van der Waals surface area contributed by atoms with Gasteiger partial charge >= 0.3 is 0 Å². The van der Waals surface area contributed by atoms with Crippen LogP contribution in [-0.2, 0) is 0 Å². The number of aryl methyl sites for hydroxylation is 3. The second kappa shape index (κ2) is 8.07. The maximum absolute atomic E-state index is 4.70. The van der Waals surface area contributed by atoms with Crippen LogP contribution in [0.1, 0.15) is 22.3 Å². The van der Waals surface area contributed by atoms with Gasteiger partial charge in [-0.2, -0.15) is 10.1 Å². The highest BCUT2D eigenvalue weighted by Gasteiger charge is 2.20. The van der Waals surface area contributed by atoms with Crippen molar-refractivity contribution in [1.29, 1.82) is 0 Å². The molecular formula is C23H28N6. The summed E-state index contributed by atoms with van der Waals surface area (Å²) in [5, 5.41) is 11.6. The van der Waals surface area contributed by atoms with Gasteiger partial charge in [-0.1, -0.05) is 18.2 Å². The van der Waals surface area contributed by atoms with E-state index >= 15 is 0 Å². The Bertz CT molecular complexity index is 1010. The van der Waals surface area contributed by atoms with Crippen LogP contribution in [0.15, 0.2) is 42.6 Å². The Morgan fingerprint density at radius 2 is 1.59 bits per heavy atom. The number of benzene rings is 2. The number of piperazine rings is 1. The zero-order valence-corrected chi connectivity index (χ0v) is 17.6. The molecule has 0 radical (unpaired) electrons. The lowest BCUT2D eigenvalue weighted by Gasteiger charge is -2.37. The Balaban J connectivity index is 1.44. The fraction of sp³-hybridized carbons (Fsp3) is 0.348. The van der Waals surface area contributed by atoms with Crippen molar-refractivity contribution in [2.75, 3.05) is 41.3 Å². The summed E-state index contributed by atoms with van der Waals surface area (Å²) < 4.78 is 0. The molecule has 29 heavy (non-hydrogen) atoms. The van der Waals surface area contributed by atoms with Gasteiger partial charge in [0.15, 0.2) is 5.82 Å². The number of rotatable bonds is 4. The second-order valence-electron chi connectivity index (χ2n) is 7.76. The Labute approximate surface area is 172 Å². The first-order valence-electron chi connectivity index (χ1n) is 10.1. The van der Waals surface area contributed by atoms with E-state index < -0.39 is 0 Å². The Morgan fingerprint density at radius 3 is 2.34 bits per heavy atom. The monoisotopic (exact) mass is 388 g/mol. The van der Waals surface area contributed by atoms with Gasteiger partial charge in [-0.05, 0) is 68.1 Å². The van der Waals surface area contributed by atoms with Gasteiger partial charge in [0.2, 0.25) is 5.95 Å². The van der Waals surface area contributed by atoms with Gasteiger partial charge in [-0.15, -0.1) is 5.10 Å². The van der Waals surface area contributed by atoms with E-state index in [1.807, 2.05) is 6.07 Å². The molecule has 150 valence electrons. The molecule has 1 fully saturated rings. The molecule has 0 spiro atoms. The van der Waals surface area contributed by atoms with E-state index in [0.717, 1.165) is 37.7 Å². The third kappa shape index (κ3) is 4.16. The minimum absolute atomic E-state index is 0.530. The van der Waals surface area contributed by atoms with Gasteiger partial charge in [0.05, 0.1) is 6.20 Å². The predicted octanol–water partition coefficient (Wildman–Crippen LogP) is 4.18. The summed E-state index contributed by atoms with van der Waals surface area (Å²) in [5.41, 5.74) is 7.53. The van der Waals surface area contributed by atoms with E-state index in [0.29, 0.717) is 5.95 Å². The zero-order valence-electron chi connectivity index (χ0n) is 17.6. The Morgan fingerprint density at radius 1 is 0.828 bits per heavy atom. The zero-order chi connectivity index (χ0) is 20.4. The molecule has 4 rings (SSSR count). The maximum Gasteiger partial charge on any atom is 0.249 e. The lowest BCUT2D eigenvalue weighted by atomic mass is 10.1. The standard InChI is InChI=1S/C23H28N6/c1-16-8-9-20(14-18(16)3)25-23-26-22(15-24-27-23)29-12-10-28(11-13-29)21-7-5-6-17(2)19(21)4/h5-9,14-15H,10-13H2,1-4H3,(H,25,26,27). The minimum Gasteiger partial charge on any atom is -0.368 e. The fourth-order valence-electron chi connectivity index (χ4n) is 3.70. The molecule has 1 aromatic heterocycles. The van der Waals surface area contributed by atoms with Crippen LogP contribution >= 0.6 is 0 Å². The molecule has 6 nitrogen and oxygen atoms in total. The van der Waals surface area contributed by atoms with Gasteiger partial charge in [-0.3, -0.25) is 0 Å². The number of nitrogens with one attached hydrogen (secondary N) is 1. The minimum atomic E-state index is 0.530. The van der Waals surface area contributed by atoms with Crippen molar-refractivity contribution < 1.29 is 0 Å². The van der Waals surface area contributed by atoms with Gasteiger partial charge in [0.25, 0.3) is 0 Å². The fourth-order valence-corrected chi connectivity index (χ4v) is 3.70. The smallest absolute Gasteiger partial charge is 0.249 e. The summed E-state index contributed by atoms with van der Waals surface area (Å²) in [6.07, 6.45) is 1.75. The van der Waals surface area contributed by atoms with Gasteiger partial charge in [-0.25, -0.2) is 0 Å². The molecular weight excluding hydrogens is 360 g/mol. The predicted molar refractivity (Wildman–Crippen MR) is 119 cm³/mol. The molecule has 3 aromatic rings. The molecule has 0 aliphatic carbocycles. The third-order valence-electron chi connectivity index (χ3n) is 5.83. The summed E-state index contributed by atoms with van der Waals surface area (Å²) >= 11 is 0. The second-order valence-corrected chi connectivity index (χ2v) is 7.76. The highest BCUT2D eigenvalue weighted by molar-refractivity contribution is 5.58. The van der Waals surface area contributed by atoms with Gasteiger partial charge < -0.3 is 15.1 Å². The van der Waals surface area contributed by atoms with E-state index in [2.05, 4.69) is 83.3 Å². The molecule has 2 heterocycles. The van der Waals surface area contributed by atoms with Crippen molar-refractivity contribution >= 4 is 23.1 Å². The van der Waals surface area contributed by atoms with Crippen LogP contribution in [0.4, 0.5) is 23.1 Å². The molecule has 0 unspecified atom stereocenters. The van der Waals surface area contributed by atoms with E-state index in [1.54, 1.807) is 6.20 Å². The van der Waals surface area contributed by atoms with Crippen LogP contribution in [0.25, 0.3) is 0 Å². The van der Waals surface area contributed by atoms with Crippen LogP contribution in [0.3, 0.4) is 0 Å². The average Bonchev–Trinajstić information content (AvgIpc) is 2.73. The number of nitrogens with zero attached hydrogens (tertiary/aromatic N) is 5. The summed E-state index contributed by atoms with van der Waals surface area (Å²) in [6.45, 7) is 12.3. The first-order chi connectivity index (χ1) is 14.0. The quantitative estimate of drug-likeness (QED) is 0.724. The highest BCUT2D eigenvalue weighted by atomic mass is 15.3. The maximum atomic E-state index is 4.70. The molecule has 1 aliphatic heterocycles. The van der Waals surface area contributed by atoms with E-state index in [9.17, 15) is 0 Å². The van der Waals surface area contributed by atoms with E-state index in [1.165, 1.54) is 27.9 Å². The van der Waals surface area contributed by atoms with Crippen molar-refractivity contribution in [3.63, 3.8) is 0 Å². The molecule has 6 heteroatoms. The number of hydrogen-bond acceptors (Lipinski definition) is 6. The van der Waals surface area contributed by atoms with Crippen molar-refractivity contribution in [2.24, 2.45) is 0 Å². The molecule has 0 bridgehead atoms. The lowest BCUT2D eigenvalue weighted by Crippen LogP contribution is -2.47. The normalized spacial score (nSPS) is 14.2. The van der Waals surface area contributed by atoms with Crippen LogP contribution in [0.5, 0.6) is 0 Å². The van der Waals surface area contributed by atoms with E-state index in [4.69, 9.17) is 4.98 Å². The lowest BCUT2D eigenvalue weighted by molar-refractivity contribution is 0.643. The summed E-state index contributed by atoms with van der Waals surface area (Å²) in [6, 6.07) is 12.8. The summed E-state index contributed by atoms with van der Waals surface area (Å²) in [7, 11) is 0. The summed E-state index contributed by atoms with van der Waals surface area (Å²) in [4.78, 5) is 9.44. The molecule has 2 aromatic carbocycles. The molecule has 1 saturated heterocycles. The van der Waals surface area contributed by atoms with Crippen LogP contribution in [-0.4, -0.2) is 41.4 Å². The molecule has 0 amide bonds. The van der Waals surface area contributed by atoms with Crippen LogP contribution < -0.4 is 15.1 Å². The number of anilines is 4. The van der Waals surface area contributed by atoms with Gasteiger partial charge in [0, 0.05) is 37.6 Å². The third-order valence-corrected chi connectivity index (χ3v) is 5.83. The van der Waals surface area contributed by atoms with Crippen molar-refractivity contribution in [3.05, 3.63) is 64.8 Å². The first kappa shape index (κ1) is 19.2. The molecule has 1 aliphatic rings. The van der Waals surface area contributed by atoms with Crippen molar-refractivity contribution in [1.82, 2.24) is 15.2 Å². The Hall–Kier alpha value is -3.15. The van der Waals surface area contributed by atoms with Crippen LogP contribution in [0, 0.1) is 27.7 Å². The van der Waals surface area contributed by atoms with Gasteiger partial charge in [0.1, 0.15) is 0 Å². The number of hydrogen-bond donors (Lipinski definition) is 1. The largest absolute Gasteiger partial charge is 0.368 e. The highest BCUT2D eigenvalue weighted by Crippen LogP contribution is 2.25. The number of aromatic nitrogens is 3. The van der Waals surface area contributed by atoms with Crippen molar-refractivity contribution in [2.45, 2.75) is 27.7 Å². The molecule has 1 N–H and O–H groups in total. The summed E-state index contributed by atoms with van der Waals surface area (Å²) in [5.74, 6) is 1.40. The Kier molecular flexibility index (Phi) is 5.34. The molecule has 0 saturated carbocycles. The van der Waals surface area contributed by atoms with Crippen molar-refractivity contribution in [3.8, 4) is 0 Å². The average molecular weight is 389 g/mol. The van der Waals surface area contributed by atoms with Crippen LogP contribution in [0.2, 0.25) is 0 Å². The SMILES string of the molecule is Cc1ccc(Nc2nncc(N3CCN(c4cccc(C)c4C)CC3)n2)cc1C. The van der Waals surface area contributed by atoms with E-state index in [-0.39, 0.29) is 0 Å². The molecule has 0 atom stereocenters. The topological polar surface area (TPSA) is 57.2 Å².